The number of nitrogens with zero attached hydrogens (tertiary/aromatic N) is 1. The average molecular weight is 303 g/mol. The van der Waals surface area contributed by atoms with Crippen LogP contribution in [-0.2, 0) is 16.0 Å². The highest BCUT2D eigenvalue weighted by Gasteiger charge is 2.02. The lowest BCUT2D eigenvalue weighted by Gasteiger charge is -2.01. The zero-order valence-corrected chi connectivity index (χ0v) is 12.6. The maximum atomic E-state index is 12.5. The second-order valence-corrected chi connectivity index (χ2v) is 4.40. The van der Waals surface area contributed by atoms with E-state index >= 15 is 0 Å². The monoisotopic (exact) mass is 303 g/mol. The molecular formula is C17H18FNO3. The van der Waals surface area contributed by atoms with Gasteiger partial charge in [0.2, 0.25) is 0 Å². The number of hydrogen-bond donors (Lipinski definition) is 0. The first-order chi connectivity index (χ1) is 10.5. The number of carbonyl (C=O) groups is 2. The van der Waals surface area contributed by atoms with Crippen LogP contribution in [0.25, 0.3) is 0 Å². The summed E-state index contributed by atoms with van der Waals surface area (Å²) < 4.78 is 17.2. The number of benzene rings is 1. The zero-order chi connectivity index (χ0) is 16.4. The number of carbonyl (C=O) groups excluding carboxylic acids is 2. The van der Waals surface area contributed by atoms with Crippen molar-refractivity contribution in [3.63, 3.8) is 0 Å². The van der Waals surface area contributed by atoms with Crippen LogP contribution in [0.15, 0.2) is 48.8 Å². The second kappa shape index (κ2) is 9.39. The van der Waals surface area contributed by atoms with Gasteiger partial charge in [-0.3, -0.25) is 14.6 Å². The molecule has 0 saturated carbocycles. The Morgan fingerprint density at radius 3 is 2.14 bits per heavy atom. The van der Waals surface area contributed by atoms with Crippen molar-refractivity contribution in [3.05, 3.63) is 65.7 Å². The number of hydrogen-bond acceptors (Lipinski definition) is 4. The van der Waals surface area contributed by atoms with E-state index < -0.39 is 0 Å². The van der Waals surface area contributed by atoms with Crippen molar-refractivity contribution < 1.29 is 18.7 Å². The van der Waals surface area contributed by atoms with Gasteiger partial charge in [0.25, 0.3) is 0 Å². The molecule has 0 atom stereocenters. The summed E-state index contributed by atoms with van der Waals surface area (Å²) in [6.07, 6.45) is 3.42. The van der Waals surface area contributed by atoms with Crippen LogP contribution in [0.1, 0.15) is 29.8 Å². The summed E-state index contributed by atoms with van der Waals surface area (Å²) in [6.45, 7) is 3.66. The number of rotatable bonds is 4. The van der Waals surface area contributed by atoms with Crippen molar-refractivity contribution in [2.24, 2.45) is 0 Å². The molecule has 22 heavy (non-hydrogen) atoms. The Kier molecular flexibility index (Phi) is 7.47. The first-order valence-electron chi connectivity index (χ1n) is 6.84. The number of halogens is 1. The lowest BCUT2D eigenvalue weighted by atomic mass is 10.1. The van der Waals surface area contributed by atoms with Gasteiger partial charge in [-0.15, -0.1) is 0 Å². The summed E-state index contributed by atoms with van der Waals surface area (Å²) in [5, 5.41) is 0. The Bertz CT molecular complexity index is 597. The first kappa shape index (κ1) is 17.5. The normalized spacial score (nSPS) is 9.41. The van der Waals surface area contributed by atoms with E-state index in [-0.39, 0.29) is 24.0 Å². The van der Waals surface area contributed by atoms with Crippen LogP contribution in [0, 0.1) is 5.82 Å². The third-order valence-corrected chi connectivity index (χ3v) is 2.65. The molecule has 0 bridgehead atoms. The second-order valence-electron chi connectivity index (χ2n) is 4.40. The molecule has 0 aliphatic heterocycles. The molecule has 0 N–H and O–H groups in total. The molecule has 4 nitrogen and oxygen atoms in total. The predicted octanol–water partition coefficient (Wildman–Crippen LogP) is 3.22. The number of aromatic nitrogens is 1. The molecule has 5 heteroatoms. The van der Waals surface area contributed by atoms with Gasteiger partial charge in [0, 0.05) is 18.0 Å². The third-order valence-electron chi connectivity index (χ3n) is 2.65. The fourth-order valence-corrected chi connectivity index (χ4v) is 1.57. The Morgan fingerprint density at radius 2 is 1.68 bits per heavy atom. The number of pyridine rings is 1. The molecular weight excluding hydrogens is 285 g/mol. The fraction of sp³-hybridized carbons (Fsp3) is 0.235. The smallest absolute Gasteiger partial charge is 0.310 e. The molecule has 0 aliphatic rings. The lowest BCUT2D eigenvalue weighted by molar-refractivity contribution is -0.142. The summed E-state index contributed by atoms with van der Waals surface area (Å²) in [5.41, 5.74) is 1.48. The molecule has 0 radical (unpaired) electrons. The van der Waals surface area contributed by atoms with Crippen LogP contribution in [0.5, 0.6) is 0 Å². The summed E-state index contributed by atoms with van der Waals surface area (Å²) in [7, 11) is 0. The molecule has 2 rings (SSSR count). The number of Topliss-reactive ketones (excluding diaryl/α,β-unsaturated/α-hetero) is 1. The SMILES string of the molecule is CC(=O)c1ccncc1.CCOC(=O)Cc1ccc(F)cc1. The van der Waals surface area contributed by atoms with E-state index in [4.69, 9.17) is 4.74 Å². The molecule has 1 aromatic carbocycles. The zero-order valence-electron chi connectivity index (χ0n) is 12.6. The van der Waals surface area contributed by atoms with Gasteiger partial charge in [-0.25, -0.2) is 4.39 Å². The van der Waals surface area contributed by atoms with Crippen LogP contribution in [-0.4, -0.2) is 23.3 Å². The van der Waals surface area contributed by atoms with Gasteiger partial charge < -0.3 is 4.74 Å². The van der Waals surface area contributed by atoms with Crippen LogP contribution < -0.4 is 0 Å². The highest BCUT2D eigenvalue weighted by molar-refractivity contribution is 5.93. The summed E-state index contributed by atoms with van der Waals surface area (Å²) in [4.78, 5) is 25.4. The van der Waals surface area contributed by atoms with E-state index in [1.807, 2.05) is 0 Å². The van der Waals surface area contributed by atoms with Crippen molar-refractivity contribution in [2.75, 3.05) is 6.61 Å². The Balaban J connectivity index is 0.000000235. The number of esters is 1. The third kappa shape index (κ3) is 6.74. The fourth-order valence-electron chi connectivity index (χ4n) is 1.57. The standard InChI is InChI=1S/C10H11FO2.C7H7NO/c1-2-13-10(12)7-8-3-5-9(11)6-4-8;1-6(9)7-2-4-8-5-3-7/h3-6H,2,7H2,1H3;2-5H,1H3. The molecule has 2 aromatic rings. The maximum absolute atomic E-state index is 12.5. The predicted molar refractivity (Wildman–Crippen MR) is 81.0 cm³/mol. The van der Waals surface area contributed by atoms with Crippen molar-refractivity contribution >= 4 is 11.8 Å². The van der Waals surface area contributed by atoms with Crippen molar-refractivity contribution in [3.8, 4) is 0 Å². The first-order valence-corrected chi connectivity index (χ1v) is 6.84. The minimum absolute atomic E-state index is 0.0809. The van der Waals surface area contributed by atoms with Gasteiger partial charge in [0.1, 0.15) is 5.82 Å². The van der Waals surface area contributed by atoms with E-state index in [0.29, 0.717) is 12.2 Å². The minimum Gasteiger partial charge on any atom is -0.466 e. The molecule has 1 aromatic heterocycles. The van der Waals surface area contributed by atoms with E-state index in [1.54, 1.807) is 43.6 Å². The molecule has 0 fully saturated rings. The minimum atomic E-state index is -0.299. The highest BCUT2D eigenvalue weighted by atomic mass is 19.1. The van der Waals surface area contributed by atoms with Gasteiger partial charge in [-0.05, 0) is 43.7 Å². The largest absolute Gasteiger partial charge is 0.466 e. The molecule has 0 spiro atoms. The maximum Gasteiger partial charge on any atom is 0.310 e. The topological polar surface area (TPSA) is 56.3 Å². The summed E-state index contributed by atoms with van der Waals surface area (Å²) in [6, 6.07) is 9.20. The quantitative estimate of drug-likeness (QED) is 0.643. The van der Waals surface area contributed by atoms with E-state index in [1.165, 1.54) is 19.1 Å². The van der Waals surface area contributed by atoms with Crippen molar-refractivity contribution in [2.45, 2.75) is 20.3 Å². The van der Waals surface area contributed by atoms with Gasteiger partial charge in [-0.1, -0.05) is 12.1 Å². The average Bonchev–Trinajstić information content (AvgIpc) is 2.51. The molecule has 0 saturated heterocycles. The number of ether oxygens (including phenoxy) is 1. The summed E-state index contributed by atoms with van der Waals surface area (Å²) in [5.74, 6) is -0.501. The van der Waals surface area contributed by atoms with Crippen LogP contribution in [0.3, 0.4) is 0 Å². The van der Waals surface area contributed by atoms with Gasteiger partial charge in [0.15, 0.2) is 5.78 Å². The Labute approximate surface area is 129 Å². The Hall–Kier alpha value is -2.56. The van der Waals surface area contributed by atoms with Gasteiger partial charge in [0.05, 0.1) is 13.0 Å². The van der Waals surface area contributed by atoms with Gasteiger partial charge >= 0.3 is 5.97 Å². The number of ketones is 1. The van der Waals surface area contributed by atoms with Crippen LogP contribution >= 0.6 is 0 Å². The van der Waals surface area contributed by atoms with Crippen molar-refractivity contribution in [1.82, 2.24) is 4.98 Å². The van der Waals surface area contributed by atoms with Crippen LogP contribution in [0.2, 0.25) is 0 Å². The Morgan fingerprint density at radius 1 is 1.09 bits per heavy atom. The molecule has 0 amide bonds. The lowest BCUT2D eigenvalue weighted by Crippen LogP contribution is -2.07. The van der Waals surface area contributed by atoms with Crippen molar-refractivity contribution in [1.29, 1.82) is 0 Å². The summed E-state index contributed by atoms with van der Waals surface area (Å²) >= 11 is 0. The molecule has 0 unspecified atom stereocenters. The molecule has 0 aliphatic carbocycles. The molecule has 116 valence electrons. The highest BCUT2D eigenvalue weighted by Crippen LogP contribution is 2.04. The van der Waals surface area contributed by atoms with Gasteiger partial charge in [-0.2, -0.15) is 0 Å². The van der Waals surface area contributed by atoms with E-state index in [9.17, 15) is 14.0 Å². The van der Waals surface area contributed by atoms with Crippen LogP contribution in [0.4, 0.5) is 4.39 Å². The van der Waals surface area contributed by atoms with E-state index in [0.717, 1.165) is 5.56 Å². The van der Waals surface area contributed by atoms with E-state index in [2.05, 4.69) is 4.98 Å². The molecule has 1 heterocycles.